The highest BCUT2D eigenvalue weighted by Gasteiger charge is 2.34. The highest BCUT2D eigenvalue weighted by atomic mass is 19.4. The molecule has 5 rings (SSSR count). The summed E-state index contributed by atoms with van der Waals surface area (Å²) in [5, 5.41) is 11.0. The molecule has 2 aromatic carbocycles. The highest BCUT2D eigenvalue weighted by Crippen LogP contribution is 2.36. The molecule has 0 aliphatic carbocycles. The number of fused-ring (bicyclic) bond motifs is 3. The average molecular weight is 440 g/mol. The smallest absolute Gasteiger partial charge is 0.354 e. The number of aromatic nitrogens is 4. The standard InChI is InChI=1S/C22H19F3N6O/c23-22(24,25)15-9-3-1-7-13(15)18-29-19-14-8-2-4-10-16(14)27-21(31(19)30-18)28-17-11-5-6-12-26-20(17)32/h1-4,7-10,17H,5-6,11-12H2,(H,26,32)(H,27,28)/t17-/m1/s1. The lowest BCUT2D eigenvalue weighted by molar-refractivity contribution is -0.137. The number of carbonyl (C=O) groups is 1. The maximum Gasteiger partial charge on any atom is 0.417 e. The Balaban J connectivity index is 1.69. The van der Waals surface area contributed by atoms with Gasteiger partial charge in [-0.15, -0.1) is 5.10 Å². The molecule has 1 aliphatic rings. The van der Waals surface area contributed by atoms with Gasteiger partial charge in [0.1, 0.15) is 6.04 Å². The minimum absolute atomic E-state index is 0.0653. The molecule has 0 spiro atoms. The van der Waals surface area contributed by atoms with Gasteiger partial charge in [-0.05, 0) is 37.5 Å². The third-order valence-electron chi connectivity index (χ3n) is 5.49. The summed E-state index contributed by atoms with van der Waals surface area (Å²) in [7, 11) is 0. The first kappa shape index (κ1) is 20.2. The van der Waals surface area contributed by atoms with E-state index < -0.39 is 17.8 Å². The second-order valence-electron chi connectivity index (χ2n) is 7.65. The van der Waals surface area contributed by atoms with Crippen LogP contribution in [0.2, 0.25) is 0 Å². The number of benzene rings is 2. The number of nitrogens with one attached hydrogen (secondary N) is 2. The van der Waals surface area contributed by atoms with Gasteiger partial charge in [-0.25, -0.2) is 9.97 Å². The molecule has 2 aromatic heterocycles. The van der Waals surface area contributed by atoms with Gasteiger partial charge < -0.3 is 10.6 Å². The summed E-state index contributed by atoms with van der Waals surface area (Å²) in [6.07, 6.45) is -2.20. The van der Waals surface area contributed by atoms with E-state index in [0.29, 0.717) is 29.5 Å². The zero-order valence-electron chi connectivity index (χ0n) is 16.9. The molecule has 1 aliphatic heterocycles. The van der Waals surface area contributed by atoms with Crippen molar-refractivity contribution in [1.82, 2.24) is 24.9 Å². The number of anilines is 1. The number of alkyl halides is 3. The SMILES string of the molecule is O=C1NCCCC[C@H]1Nc1nc2ccccc2c2nc(-c3ccccc3C(F)(F)F)nn12. The Morgan fingerprint density at radius 3 is 2.66 bits per heavy atom. The molecule has 7 nitrogen and oxygen atoms in total. The zero-order chi connectivity index (χ0) is 22.3. The van der Waals surface area contributed by atoms with E-state index in [-0.39, 0.29) is 23.2 Å². The zero-order valence-corrected chi connectivity index (χ0v) is 16.9. The normalized spacial score (nSPS) is 17.3. The van der Waals surface area contributed by atoms with E-state index in [1.807, 2.05) is 6.07 Å². The van der Waals surface area contributed by atoms with Crippen molar-refractivity contribution in [3.05, 3.63) is 54.1 Å². The molecular weight excluding hydrogens is 421 g/mol. The van der Waals surface area contributed by atoms with Crippen molar-refractivity contribution >= 4 is 28.4 Å². The number of nitrogens with zero attached hydrogens (tertiary/aromatic N) is 4. The van der Waals surface area contributed by atoms with E-state index in [2.05, 4.69) is 25.7 Å². The molecule has 164 valence electrons. The Labute approximate surface area is 180 Å². The molecule has 10 heteroatoms. The van der Waals surface area contributed by atoms with E-state index in [1.54, 1.807) is 18.2 Å². The van der Waals surface area contributed by atoms with Crippen molar-refractivity contribution in [1.29, 1.82) is 0 Å². The van der Waals surface area contributed by atoms with Crippen LogP contribution in [-0.2, 0) is 11.0 Å². The quantitative estimate of drug-likeness (QED) is 0.502. The minimum Gasteiger partial charge on any atom is -0.354 e. The first-order chi connectivity index (χ1) is 15.4. The van der Waals surface area contributed by atoms with Crippen molar-refractivity contribution < 1.29 is 18.0 Å². The van der Waals surface area contributed by atoms with Gasteiger partial charge in [-0.1, -0.05) is 30.3 Å². The van der Waals surface area contributed by atoms with Crippen LogP contribution in [-0.4, -0.2) is 38.1 Å². The Bertz CT molecular complexity index is 1320. The molecule has 1 saturated heterocycles. The van der Waals surface area contributed by atoms with Gasteiger partial charge in [0.05, 0.1) is 11.1 Å². The van der Waals surface area contributed by atoms with E-state index in [9.17, 15) is 18.0 Å². The van der Waals surface area contributed by atoms with E-state index in [1.165, 1.54) is 22.7 Å². The summed E-state index contributed by atoms with van der Waals surface area (Å²) in [6.45, 7) is 0.610. The number of rotatable bonds is 3. The molecule has 0 bridgehead atoms. The second-order valence-corrected chi connectivity index (χ2v) is 7.65. The van der Waals surface area contributed by atoms with Crippen LogP contribution in [0.4, 0.5) is 19.1 Å². The lowest BCUT2D eigenvalue weighted by Crippen LogP contribution is -2.38. The first-order valence-corrected chi connectivity index (χ1v) is 10.3. The molecule has 32 heavy (non-hydrogen) atoms. The molecule has 0 unspecified atom stereocenters. The predicted octanol–water partition coefficient (Wildman–Crippen LogP) is 4.04. The number of para-hydroxylation sites is 1. The summed E-state index contributed by atoms with van der Waals surface area (Å²) < 4.78 is 42.1. The van der Waals surface area contributed by atoms with Crippen molar-refractivity contribution in [2.24, 2.45) is 0 Å². The van der Waals surface area contributed by atoms with Gasteiger partial charge in [0.2, 0.25) is 11.9 Å². The number of hydrogen-bond donors (Lipinski definition) is 2. The summed E-state index contributed by atoms with van der Waals surface area (Å²) in [4.78, 5) is 21.5. The van der Waals surface area contributed by atoms with Gasteiger partial charge in [-0.3, -0.25) is 4.79 Å². The Morgan fingerprint density at radius 2 is 1.81 bits per heavy atom. The van der Waals surface area contributed by atoms with Crippen LogP contribution in [0.5, 0.6) is 0 Å². The van der Waals surface area contributed by atoms with Gasteiger partial charge >= 0.3 is 6.18 Å². The Kier molecular flexibility index (Phi) is 4.91. The van der Waals surface area contributed by atoms with Crippen molar-refractivity contribution in [3.63, 3.8) is 0 Å². The fourth-order valence-corrected chi connectivity index (χ4v) is 3.92. The van der Waals surface area contributed by atoms with Crippen LogP contribution in [0, 0.1) is 0 Å². The summed E-state index contributed by atoms with van der Waals surface area (Å²) in [6, 6.07) is 11.9. The van der Waals surface area contributed by atoms with E-state index in [4.69, 9.17) is 0 Å². The maximum absolute atomic E-state index is 13.6. The fraction of sp³-hybridized carbons (Fsp3) is 0.273. The van der Waals surface area contributed by atoms with Crippen LogP contribution < -0.4 is 10.6 Å². The number of halogens is 3. The van der Waals surface area contributed by atoms with Crippen molar-refractivity contribution in [2.45, 2.75) is 31.5 Å². The molecular formula is C22H19F3N6O. The third kappa shape index (κ3) is 3.61. The average Bonchev–Trinajstić information content (AvgIpc) is 3.13. The number of amides is 1. The summed E-state index contributed by atoms with van der Waals surface area (Å²) in [5.41, 5.74) is 0.0236. The van der Waals surface area contributed by atoms with Crippen LogP contribution in [0.1, 0.15) is 24.8 Å². The Hall–Kier alpha value is -3.69. The molecule has 1 fully saturated rings. The van der Waals surface area contributed by atoms with Crippen molar-refractivity contribution in [3.8, 4) is 11.4 Å². The molecule has 4 aromatic rings. The summed E-state index contributed by atoms with van der Waals surface area (Å²) in [5.74, 6) is 0.0433. The minimum atomic E-state index is -4.55. The number of carbonyl (C=O) groups excluding carboxylic acids is 1. The van der Waals surface area contributed by atoms with Gasteiger partial charge in [0.25, 0.3) is 0 Å². The summed E-state index contributed by atoms with van der Waals surface area (Å²) >= 11 is 0. The third-order valence-corrected chi connectivity index (χ3v) is 5.49. The van der Waals surface area contributed by atoms with Crippen molar-refractivity contribution in [2.75, 3.05) is 11.9 Å². The maximum atomic E-state index is 13.6. The van der Waals surface area contributed by atoms with Crippen LogP contribution >= 0.6 is 0 Å². The van der Waals surface area contributed by atoms with E-state index in [0.717, 1.165) is 18.9 Å². The lowest BCUT2D eigenvalue weighted by Gasteiger charge is -2.16. The van der Waals surface area contributed by atoms with Crippen LogP contribution in [0.15, 0.2) is 48.5 Å². The fourth-order valence-electron chi connectivity index (χ4n) is 3.92. The second kappa shape index (κ2) is 7.77. The number of hydrogen-bond acceptors (Lipinski definition) is 5. The predicted molar refractivity (Wildman–Crippen MR) is 113 cm³/mol. The molecule has 0 radical (unpaired) electrons. The van der Waals surface area contributed by atoms with Gasteiger partial charge in [0, 0.05) is 17.5 Å². The van der Waals surface area contributed by atoms with Gasteiger partial charge in [-0.2, -0.15) is 17.7 Å². The Morgan fingerprint density at radius 1 is 1.03 bits per heavy atom. The van der Waals surface area contributed by atoms with Crippen LogP contribution in [0.25, 0.3) is 27.9 Å². The van der Waals surface area contributed by atoms with Crippen LogP contribution in [0.3, 0.4) is 0 Å². The molecule has 2 N–H and O–H groups in total. The molecule has 0 saturated carbocycles. The largest absolute Gasteiger partial charge is 0.417 e. The monoisotopic (exact) mass is 440 g/mol. The highest BCUT2D eigenvalue weighted by molar-refractivity contribution is 5.93. The topological polar surface area (TPSA) is 84.2 Å². The lowest BCUT2D eigenvalue weighted by atomic mass is 10.1. The van der Waals surface area contributed by atoms with Gasteiger partial charge in [0.15, 0.2) is 11.5 Å². The molecule has 3 heterocycles. The molecule has 1 atom stereocenters. The molecule has 1 amide bonds. The first-order valence-electron chi connectivity index (χ1n) is 10.3. The van der Waals surface area contributed by atoms with E-state index >= 15 is 0 Å².